The molecule has 5 aliphatic rings. The zero-order valence-corrected chi connectivity index (χ0v) is 21.0. The van der Waals surface area contributed by atoms with Crippen molar-refractivity contribution in [1.82, 2.24) is 31.3 Å². The number of nitrogens with zero attached hydrogens (tertiary/aromatic N) is 2. The number of likely N-dealkylation sites (tertiary alicyclic amines) is 1. The predicted octanol–water partition coefficient (Wildman–Crippen LogP) is 0.770. The lowest BCUT2D eigenvalue weighted by Gasteiger charge is -2.39. The number of piperidine rings is 1. The van der Waals surface area contributed by atoms with Crippen molar-refractivity contribution in [2.75, 3.05) is 40.0 Å². The minimum atomic E-state index is -0.264. The molecule has 192 valence electrons. The van der Waals surface area contributed by atoms with Crippen LogP contribution >= 0.6 is 0 Å². The van der Waals surface area contributed by atoms with Gasteiger partial charge in [0.05, 0.1) is 31.1 Å². The highest BCUT2D eigenvalue weighted by Crippen LogP contribution is 2.37. The summed E-state index contributed by atoms with van der Waals surface area (Å²) in [5, 5.41) is 6.73. The minimum absolute atomic E-state index is 0.0594. The van der Waals surface area contributed by atoms with Crippen molar-refractivity contribution in [3.8, 4) is 0 Å². The van der Waals surface area contributed by atoms with Crippen molar-refractivity contribution < 1.29 is 14.3 Å². The maximum absolute atomic E-state index is 13.2. The Kier molecular flexibility index (Phi) is 7.46. The first-order valence-electron chi connectivity index (χ1n) is 13.6. The largest absolute Gasteiger partial charge is 0.373 e. The Morgan fingerprint density at radius 2 is 2.06 bits per heavy atom. The highest BCUT2D eigenvalue weighted by molar-refractivity contribution is 5.85. The highest BCUT2D eigenvalue weighted by atomic mass is 16.5. The van der Waals surface area contributed by atoms with Crippen LogP contribution < -0.4 is 21.5 Å². The van der Waals surface area contributed by atoms with E-state index in [0.29, 0.717) is 24.4 Å². The Labute approximate surface area is 204 Å². The molecule has 2 amide bonds. The van der Waals surface area contributed by atoms with Gasteiger partial charge >= 0.3 is 0 Å². The van der Waals surface area contributed by atoms with Gasteiger partial charge < -0.3 is 20.3 Å². The summed E-state index contributed by atoms with van der Waals surface area (Å²) in [5.41, 5.74) is 6.52. The fourth-order valence-corrected chi connectivity index (χ4v) is 6.81. The van der Waals surface area contributed by atoms with Crippen molar-refractivity contribution in [3.05, 3.63) is 0 Å². The monoisotopic (exact) mass is 476 g/mol. The van der Waals surface area contributed by atoms with E-state index < -0.39 is 0 Å². The van der Waals surface area contributed by atoms with E-state index in [1.54, 1.807) is 0 Å². The zero-order valence-electron chi connectivity index (χ0n) is 21.0. The van der Waals surface area contributed by atoms with E-state index in [2.05, 4.69) is 40.4 Å². The Bertz CT molecular complexity index is 746. The van der Waals surface area contributed by atoms with Gasteiger partial charge in [0, 0.05) is 31.5 Å². The molecule has 7 atom stereocenters. The summed E-state index contributed by atoms with van der Waals surface area (Å²) < 4.78 is 5.78. The van der Waals surface area contributed by atoms with Gasteiger partial charge in [0.1, 0.15) is 0 Å². The van der Waals surface area contributed by atoms with Crippen LogP contribution in [-0.2, 0) is 14.3 Å². The lowest BCUT2D eigenvalue weighted by Crippen LogP contribution is -2.54. The summed E-state index contributed by atoms with van der Waals surface area (Å²) in [5.74, 6) is 1.49. The standard InChI is InChI=1S/C25H44N6O3/c1-17(12-22-29-27-16-30(22)2)18-4-3-5-20(13-18)28-23(32)21-14-19(6-9-26-21)24(33)31-10-7-25(15-31)8-11-34-25/h17-22,26-27,29H,3-16H2,1-2H3,(H,28,32)/t17-,18?,19?,20?,21?,22?,25?/m1/s1. The topological polar surface area (TPSA) is 98.0 Å². The van der Waals surface area contributed by atoms with E-state index >= 15 is 0 Å². The summed E-state index contributed by atoms with van der Waals surface area (Å²) in [6, 6.07) is -0.0207. The number of ether oxygens (including phenoxy) is 1. The van der Waals surface area contributed by atoms with E-state index in [9.17, 15) is 9.59 Å². The maximum atomic E-state index is 13.2. The second kappa shape index (κ2) is 10.4. The molecule has 0 aromatic heterocycles. The molecule has 5 rings (SSSR count). The van der Waals surface area contributed by atoms with Gasteiger partial charge in [-0.2, -0.15) is 0 Å². The van der Waals surface area contributed by atoms with E-state index in [-0.39, 0.29) is 35.4 Å². The van der Waals surface area contributed by atoms with Crippen LogP contribution in [0.4, 0.5) is 0 Å². The lowest BCUT2D eigenvalue weighted by molar-refractivity contribution is -0.149. The molecule has 1 saturated carbocycles. The molecule has 0 radical (unpaired) electrons. The minimum Gasteiger partial charge on any atom is -0.373 e. The molecule has 9 nitrogen and oxygen atoms in total. The number of carbonyl (C=O) groups excluding carboxylic acids is 2. The van der Waals surface area contributed by atoms with Crippen molar-refractivity contribution in [1.29, 1.82) is 0 Å². The number of carbonyl (C=O) groups is 2. The number of nitrogens with one attached hydrogen (secondary N) is 4. The lowest BCUT2D eigenvalue weighted by atomic mass is 9.77. The SMILES string of the molecule is C[C@H](CC1NNCN1C)C1CCCC(NC(=O)C2CC(C(=O)N3CCC4(CCO4)C3)CCN2)C1. The van der Waals surface area contributed by atoms with Gasteiger partial charge in [0.25, 0.3) is 0 Å². The molecule has 4 aliphatic heterocycles. The molecule has 4 heterocycles. The summed E-state index contributed by atoms with van der Waals surface area (Å²) in [6.45, 7) is 6.32. The molecule has 4 saturated heterocycles. The van der Waals surface area contributed by atoms with Gasteiger partial charge in [-0.3, -0.25) is 14.5 Å². The summed E-state index contributed by atoms with van der Waals surface area (Å²) in [4.78, 5) is 30.6. The Morgan fingerprint density at radius 1 is 1.21 bits per heavy atom. The summed E-state index contributed by atoms with van der Waals surface area (Å²) in [7, 11) is 2.15. The fraction of sp³-hybridized carbons (Fsp3) is 0.920. The number of rotatable bonds is 6. The van der Waals surface area contributed by atoms with Crippen molar-refractivity contribution >= 4 is 11.8 Å². The zero-order chi connectivity index (χ0) is 23.7. The third-order valence-electron chi connectivity index (χ3n) is 9.25. The molecule has 4 N–H and O–H groups in total. The van der Waals surface area contributed by atoms with Crippen molar-refractivity contribution in [2.45, 2.75) is 88.6 Å². The fourth-order valence-electron chi connectivity index (χ4n) is 6.81. The molecule has 1 spiro atoms. The molecule has 1 aliphatic carbocycles. The normalized spacial score (nSPS) is 39.7. The Morgan fingerprint density at radius 3 is 2.76 bits per heavy atom. The van der Waals surface area contributed by atoms with Crippen LogP contribution in [0.3, 0.4) is 0 Å². The Hall–Kier alpha value is -1.26. The Balaban J connectivity index is 1.09. The smallest absolute Gasteiger partial charge is 0.237 e. The maximum Gasteiger partial charge on any atom is 0.237 e. The molecule has 34 heavy (non-hydrogen) atoms. The van der Waals surface area contributed by atoms with Gasteiger partial charge in [-0.15, -0.1) is 0 Å². The van der Waals surface area contributed by atoms with Gasteiger partial charge in [-0.25, -0.2) is 10.9 Å². The average Bonchev–Trinajstić information content (AvgIpc) is 3.46. The number of amides is 2. The number of hydrazine groups is 1. The summed E-state index contributed by atoms with van der Waals surface area (Å²) >= 11 is 0. The number of hydrogen-bond acceptors (Lipinski definition) is 7. The van der Waals surface area contributed by atoms with E-state index in [1.165, 1.54) is 12.8 Å². The highest BCUT2D eigenvalue weighted by Gasteiger charge is 2.47. The first-order chi connectivity index (χ1) is 16.4. The van der Waals surface area contributed by atoms with Crippen LogP contribution in [0.5, 0.6) is 0 Å². The quantitative estimate of drug-likeness (QED) is 0.450. The second-order valence-corrected chi connectivity index (χ2v) is 11.6. The van der Waals surface area contributed by atoms with Crippen LogP contribution in [0.1, 0.15) is 64.7 Å². The van der Waals surface area contributed by atoms with Crippen molar-refractivity contribution in [2.24, 2.45) is 17.8 Å². The third-order valence-corrected chi connectivity index (χ3v) is 9.25. The first-order valence-corrected chi connectivity index (χ1v) is 13.6. The van der Waals surface area contributed by atoms with Gasteiger partial charge in [-0.1, -0.05) is 19.8 Å². The van der Waals surface area contributed by atoms with Gasteiger partial charge in [-0.05, 0) is 64.0 Å². The first kappa shape index (κ1) is 24.4. The molecular weight excluding hydrogens is 432 g/mol. The number of hydrogen-bond donors (Lipinski definition) is 4. The van der Waals surface area contributed by atoms with Crippen LogP contribution in [0.15, 0.2) is 0 Å². The molecular formula is C25H44N6O3. The third kappa shape index (κ3) is 5.28. The molecule has 0 bridgehead atoms. The summed E-state index contributed by atoms with van der Waals surface area (Å²) in [6.07, 6.45) is 9.48. The molecule has 6 unspecified atom stereocenters. The van der Waals surface area contributed by atoms with Crippen LogP contribution in [-0.4, -0.2) is 85.4 Å². The predicted molar refractivity (Wildman–Crippen MR) is 129 cm³/mol. The molecule has 5 fully saturated rings. The molecule has 0 aromatic carbocycles. The van der Waals surface area contributed by atoms with E-state index in [0.717, 1.165) is 71.4 Å². The van der Waals surface area contributed by atoms with Crippen molar-refractivity contribution in [3.63, 3.8) is 0 Å². The van der Waals surface area contributed by atoms with Gasteiger partial charge in [0.2, 0.25) is 11.8 Å². The van der Waals surface area contributed by atoms with Gasteiger partial charge in [0.15, 0.2) is 0 Å². The van der Waals surface area contributed by atoms with E-state index in [4.69, 9.17) is 4.74 Å². The van der Waals surface area contributed by atoms with Crippen LogP contribution in [0.25, 0.3) is 0 Å². The van der Waals surface area contributed by atoms with Crippen LogP contribution in [0.2, 0.25) is 0 Å². The molecule has 0 aromatic rings. The molecule has 9 heteroatoms. The van der Waals surface area contributed by atoms with E-state index in [1.807, 2.05) is 4.90 Å². The van der Waals surface area contributed by atoms with Crippen LogP contribution in [0, 0.1) is 17.8 Å². The second-order valence-electron chi connectivity index (χ2n) is 11.6. The average molecular weight is 477 g/mol.